The van der Waals surface area contributed by atoms with Gasteiger partial charge >= 0.3 is 5.97 Å². The minimum Gasteiger partial charge on any atom is -0.479 e. The fourth-order valence-corrected chi connectivity index (χ4v) is 2.68. The number of carbonyl (C=O) groups is 2. The van der Waals surface area contributed by atoms with Crippen LogP contribution in [0.5, 0.6) is 0 Å². The third kappa shape index (κ3) is 2.20. The highest BCUT2D eigenvalue weighted by Gasteiger charge is 2.44. The maximum absolute atomic E-state index is 11.4. The van der Waals surface area contributed by atoms with Gasteiger partial charge in [0.25, 0.3) is 0 Å². The lowest BCUT2D eigenvalue weighted by molar-refractivity contribution is -0.147. The third-order valence-corrected chi connectivity index (χ3v) is 3.47. The molecule has 17 heavy (non-hydrogen) atoms. The van der Waals surface area contributed by atoms with E-state index in [1.807, 2.05) is 18.2 Å². The molecule has 1 atom stereocenters. The molecule has 2 rings (SSSR count). The highest BCUT2D eigenvalue weighted by Crippen LogP contribution is 2.32. The molecule has 1 aromatic carbocycles. The Hall–Kier alpha value is -1.36. The number of hydrogen-bond acceptors (Lipinski definition) is 2. The SMILES string of the molecule is CC(=O)NC1(C(=O)O)Cc2ccc(Br)cc2C1. The van der Waals surface area contributed by atoms with E-state index in [2.05, 4.69) is 21.2 Å². The fraction of sp³-hybridized carbons (Fsp3) is 0.333. The van der Waals surface area contributed by atoms with Gasteiger partial charge in [-0.3, -0.25) is 4.79 Å². The van der Waals surface area contributed by atoms with Gasteiger partial charge in [0, 0.05) is 24.2 Å². The monoisotopic (exact) mass is 297 g/mol. The molecule has 0 saturated carbocycles. The van der Waals surface area contributed by atoms with Gasteiger partial charge in [-0.25, -0.2) is 4.79 Å². The van der Waals surface area contributed by atoms with Crippen molar-refractivity contribution in [2.45, 2.75) is 25.3 Å². The zero-order valence-electron chi connectivity index (χ0n) is 9.29. The number of rotatable bonds is 2. The average molecular weight is 298 g/mol. The zero-order chi connectivity index (χ0) is 12.6. The van der Waals surface area contributed by atoms with Crippen molar-refractivity contribution in [1.29, 1.82) is 0 Å². The number of carboxylic acid groups (broad SMARTS) is 1. The highest BCUT2D eigenvalue weighted by molar-refractivity contribution is 9.10. The molecule has 1 aliphatic carbocycles. The molecule has 1 unspecified atom stereocenters. The summed E-state index contributed by atoms with van der Waals surface area (Å²) in [5, 5.41) is 11.9. The lowest BCUT2D eigenvalue weighted by Gasteiger charge is -2.24. The summed E-state index contributed by atoms with van der Waals surface area (Å²) in [5.41, 5.74) is 0.759. The van der Waals surface area contributed by atoms with Crippen molar-refractivity contribution in [1.82, 2.24) is 5.32 Å². The van der Waals surface area contributed by atoms with Gasteiger partial charge in [-0.2, -0.15) is 0 Å². The average Bonchev–Trinajstić information content (AvgIpc) is 2.55. The molecular weight excluding hydrogens is 286 g/mol. The normalized spacial score (nSPS) is 22.0. The molecule has 0 saturated heterocycles. The van der Waals surface area contributed by atoms with Crippen LogP contribution in [0, 0.1) is 0 Å². The van der Waals surface area contributed by atoms with E-state index in [9.17, 15) is 14.7 Å². The van der Waals surface area contributed by atoms with Crippen molar-refractivity contribution >= 4 is 27.8 Å². The van der Waals surface area contributed by atoms with Crippen molar-refractivity contribution in [3.63, 3.8) is 0 Å². The molecule has 0 bridgehead atoms. The van der Waals surface area contributed by atoms with E-state index in [4.69, 9.17) is 0 Å². The number of benzene rings is 1. The van der Waals surface area contributed by atoms with Crippen LogP contribution in [-0.4, -0.2) is 22.5 Å². The number of fused-ring (bicyclic) bond motifs is 1. The molecule has 0 aromatic heterocycles. The third-order valence-electron chi connectivity index (χ3n) is 2.98. The van der Waals surface area contributed by atoms with Crippen LogP contribution in [0.15, 0.2) is 22.7 Å². The van der Waals surface area contributed by atoms with E-state index >= 15 is 0 Å². The molecule has 1 aliphatic rings. The number of amides is 1. The minimum absolute atomic E-state index is 0.320. The van der Waals surface area contributed by atoms with Crippen LogP contribution in [-0.2, 0) is 22.4 Å². The van der Waals surface area contributed by atoms with Crippen LogP contribution in [0.3, 0.4) is 0 Å². The largest absolute Gasteiger partial charge is 0.479 e. The standard InChI is InChI=1S/C12H12BrNO3/c1-7(15)14-12(11(16)17)5-8-2-3-10(13)4-9(8)6-12/h2-4H,5-6H2,1H3,(H,14,15)(H,16,17). The molecule has 1 amide bonds. The molecule has 4 nitrogen and oxygen atoms in total. The Bertz CT molecular complexity index is 501. The van der Waals surface area contributed by atoms with Crippen molar-refractivity contribution < 1.29 is 14.7 Å². The molecular formula is C12H12BrNO3. The molecule has 0 aliphatic heterocycles. The molecule has 0 heterocycles. The van der Waals surface area contributed by atoms with Crippen LogP contribution in [0.2, 0.25) is 0 Å². The maximum atomic E-state index is 11.4. The number of carboxylic acids is 1. The summed E-state index contributed by atoms with van der Waals surface area (Å²) < 4.78 is 0.917. The summed E-state index contributed by atoms with van der Waals surface area (Å²) in [6, 6.07) is 5.68. The Balaban J connectivity index is 2.37. The van der Waals surface area contributed by atoms with E-state index in [1.54, 1.807) is 0 Å². The first kappa shape index (κ1) is 12.1. The Kier molecular flexibility index (Phi) is 2.95. The molecule has 0 radical (unpaired) electrons. The Morgan fingerprint density at radius 2 is 2.00 bits per heavy atom. The van der Waals surface area contributed by atoms with E-state index in [-0.39, 0.29) is 5.91 Å². The van der Waals surface area contributed by atoms with Crippen molar-refractivity contribution in [3.05, 3.63) is 33.8 Å². The number of aliphatic carboxylic acids is 1. The van der Waals surface area contributed by atoms with Gasteiger partial charge in [0.1, 0.15) is 5.54 Å². The van der Waals surface area contributed by atoms with E-state index in [0.717, 1.165) is 15.6 Å². The van der Waals surface area contributed by atoms with E-state index in [0.29, 0.717) is 12.8 Å². The van der Waals surface area contributed by atoms with Crippen LogP contribution in [0.25, 0.3) is 0 Å². The summed E-state index contributed by atoms with van der Waals surface area (Å²) in [7, 11) is 0. The second-order valence-corrected chi connectivity index (χ2v) is 5.25. The minimum atomic E-state index is -1.19. The quantitative estimate of drug-likeness (QED) is 0.869. The van der Waals surface area contributed by atoms with Gasteiger partial charge in [-0.15, -0.1) is 0 Å². The maximum Gasteiger partial charge on any atom is 0.330 e. The van der Waals surface area contributed by atoms with Crippen molar-refractivity contribution in [3.8, 4) is 0 Å². The Labute approximate surface area is 107 Å². The lowest BCUT2D eigenvalue weighted by atomic mass is 9.96. The fourth-order valence-electron chi connectivity index (χ4n) is 2.27. The first-order valence-electron chi connectivity index (χ1n) is 5.22. The molecule has 0 fully saturated rings. The van der Waals surface area contributed by atoms with Crippen molar-refractivity contribution in [2.24, 2.45) is 0 Å². The van der Waals surface area contributed by atoms with Crippen molar-refractivity contribution in [2.75, 3.05) is 0 Å². The van der Waals surface area contributed by atoms with E-state index < -0.39 is 11.5 Å². The van der Waals surface area contributed by atoms with Gasteiger partial charge in [0.05, 0.1) is 0 Å². The van der Waals surface area contributed by atoms with Gasteiger partial charge in [-0.05, 0) is 23.3 Å². The smallest absolute Gasteiger partial charge is 0.330 e. The number of halogens is 1. The number of carbonyl (C=O) groups excluding carboxylic acids is 1. The molecule has 1 aromatic rings. The number of hydrogen-bond donors (Lipinski definition) is 2. The Morgan fingerprint density at radius 1 is 1.35 bits per heavy atom. The van der Waals surface area contributed by atoms with Gasteiger partial charge in [-0.1, -0.05) is 22.0 Å². The Morgan fingerprint density at radius 3 is 2.59 bits per heavy atom. The second kappa shape index (κ2) is 4.14. The van der Waals surface area contributed by atoms with Gasteiger partial charge in [0.2, 0.25) is 5.91 Å². The van der Waals surface area contributed by atoms with E-state index in [1.165, 1.54) is 6.92 Å². The zero-order valence-corrected chi connectivity index (χ0v) is 10.9. The summed E-state index contributed by atoms with van der Waals surface area (Å²) in [4.78, 5) is 22.5. The lowest BCUT2D eigenvalue weighted by Crippen LogP contribution is -2.54. The summed E-state index contributed by atoms with van der Waals surface area (Å²) >= 11 is 3.36. The molecule has 0 spiro atoms. The summed E-state index contributed by atoms with van der Waals surface area (Å²) in [5.74, 6) is -1.31. The first-order valence-corrected chi connectivity index (χ1v) is 6.02. The number of nitrogens with one attached hydrogen (secondary N) is 1. The van der Waals surface area contributed by atoms with Crippen LogP contribution in [0.1, 0.15) is 18.1 Å². The first-order chi connectivity index (χ1) is 7.93. The van der Waals surface area contributed by atoms with Crippen LogP contribution >= 0.6 is 15.9 Å². The second-order valence-electron chi connectivity index (χ2n) is 4.34. The highest BCUT2D eigenvalue weighted by atomic mass is 79.9. The molecule has 2 N–H and O–H groups in total. The van der Waals surface area contributed by atoms with Crippen LogP contribution in [0.4, 0.5) is 0 Å². The van der Waals surface area contributed by atoms with Gasteiger partial charge < -0.3 is 10.4 Å². The molecule has 90 valence electrons. The summed E-state index contributed by atoms with van der Waals surface area (Å²) in [6.07, 6.45) is 0.668. The predicted molar refractivity (Wildman–Crippen MR) is 65.7 cm³/mol. The predicted octanol–water partition coefficient (Wildman–Crippen LogP) is 1.51. The van der Waals surface area contributed by atoms with Crippen LogP contribution < -0.4 is 5.32 Å². The topological polar surface area (TPSA) is 66.4 Å². The van der Waals surface area contributed by atoms with Gasteiger partial charge in [0.15, 0.2) is 0 Å². The summed E-state index contributed by atoms with van der Waals surface area (Å²) in [6.45, 7) is 1.34. The molecule has 5 heteroatoms.